The van der Waals surface area contributed by atoms with Crippen LogP contribution in [0.4, 0.5) is 0 Å². The van der Waals surface area contributed by atoms with E-state index in [1.165, 1.54) is 0 Å². The Hall–Kier alpha value is -1.59. The van der Waals surface area contributed by atoms with Gasteiger partial charge in [0.25, 0.3) is 0 Å². The molecule has 0 rings (SSSR count). The molecule has 19 heavy (non-hydrogen) atoms. The largest absolute Gasteiger partial charge is 0.481 e. The molecular formula is C13H24N2O4. The first-order chi connectivity index (χ1) is 8.90. The second-order valence-electron chi connectivity index (χ2n) is 4.57. The summed E-state index contributed by atoms with van der Waals surface area (Å²) in [5, 5.41) is 11.2. The Bertz CT molecular complexity index is 314. The van der Waals surface area contributed by atoms with E-state index in [-0.39, 0.29) is 37.0 Å². The fourth-order valence-corrected chi connectivity index (χ4v) is 1.80. The van der Waals surface area contributed by atoms with Gasteiger partial charge in [-0.25, -0.2) is 0 Å². The number of carbonyl (C=O) groups excluding carboxylic acids is 2. The van der Waals surface area contributed by atoms with Gasteiger partial charge in [0.05, 0.1) is 0 Å². The van der Waals surface area contributed by atoms with Gasteiger partial charge in [0.1, 0.15) is 0 Å². The highest BCUT2D eigenvalue weighted by Crippen LogP contribution is 2.06. The molecule has 0 saturated carbocycles. The molecule has 6 nitrogen and oxygen atoms in total. The molecule has 0 aromatic carbocycles. The molecule has 0 aliphatic heterocycles. The summed E-state index contributed by atoms with van der Waals surface area (Å²) in [4.78, 5) is 35.3. The lowest BCUT2D eigenvalue weighted by Crippen LogP contribution is -2.34. The van der Waals surface area contributed by atoms with E-state index in [9.17, 15) is 14.4 Å². The van der Waals surface area contributed by atoms with Gasteiger partial charge in [-0.15, -0.1) is 0 Å². The first kappa shape index (κ1) is 17.4. The Balaban J connectivity index is 3.85. The minimum Gasteiger partial charge on any atom is -0.481 e. The van der Waals surface area contributed by atoms with E-state index in [4.69, 9.17) is 5.11 Å². The molecule has 1 atom stereocenters. The van der Waals surface area contributed by atoms with Crippen molar-refractivity contribution in [2.75, 3.05) is 19.6 Å². The van der Waals surface area contributed by atoms with Crippen molar-refractivity contribution in [3.8, 4) is 0 Å². The van der Waals surface area contributed by atoms with Crippen LogP contribution in [0.1, 0.15) is 40.0 Å². The zero-order valence-corrected chi connectivity index (χ0v) is 11.9. The summed E-state index contributed by atoms with van der Waals surface area (Å²) < 4.78 is 0. The van der Waals surface area contributed by atoms with E-state index in [0.29, 0.717) is 19.6 Å². The van der Waals surface area contributed by atoms with Crippen molar-refractivity contribution < 1.29 is 19.5 Å². The number of nitrogens with zero attached hydrogens (tertiary/aromatic N) is 1. The molecule has 6 heteroatoms. The zero-order chi connectivity index (χ0) is 14.8. The number of rotatable bonds is 9. The Morgan fingerprint density at radius 3 is 2.21 bits per heavy atom. The van der Waals surface area contributed by atoms with Crippen LogP contribution in [0, 0.1) is 5.92 Å². The first-order valence-electron chi connectivity index (χ1n) is 6.66. The van der Waals surface area contributed by atoms with E-state index >= 15 is 0 Å². The highest BCUT2D eigenvalue weighted by Gasteiger charge is 2.13. The quantitative estimate of drug-likeness (QED) is 0.652. The topological polar surface area (TPSA) is 86.7 Å². The van der Waals surface area contributed by atoms with Crippen molar-refractivity contribution in [3.05, 3.63) is 0 Å². The molecule has 1 unspecified atom stereocenters. The van der Waals surface area contributed by atoms with E-state index < -0.39 is 5.97 Å². The SMILES string of the molecule is CCN(CC)C(=O)CCNC(=O)CC(C)CC(=O)O. The average Bonchev–Trinajstić information content (AvgIpc) is 2.29. The minimum absolute atomic E-state index is 0.0175. The molecule has 2 amide bonds. The van der Waals surface area contributed by atoms with Gasteiger partial charge in [-0.2, -0.15) is 0 Å². The van der Waals surface area contributed by atoms with Crippen molar-refractivity contribution in [1.29, 1.82) is 0 Å². The van der Waals surface area contributed by atoms with E-state index in [0.717, 1.165) is 0 Å². The van der Waals surface area contributed by atoms with Gasteiger partial charge in [-0.05, 0) is 19.8 Å². The van der Waals surface area contributed by atoms with Crippen LogP contribution in [-0.4, -0.2) is 47.4 Å². The van der Waals surface area contributed by atoms with Crippen molar-refractivity contribution in [2.45, 2.75) is 40.0 Å². The molecule has 0 bridgehead atoms. The standard InChI is InChI=1S/C13H24N2O4/c1-4-15(5-2)12(17)6-7-14-11(16)8-10(3)9-13(18)19/h10H,4-9H2,1-3H3,(H,14,16)(H,18,19). The molecule has 0 fully saturated rings. The highest BCUT2D eigenvalue weighted by atomic mass is 16.4. The Labute approximate surface area is 114 Å². The lowest BCUT2D eigenvalue weighted by Gasteiger charge is -2.18. The van der Waals surface area contributed by atoms with Gasteiger partial charge >= 0.3 is 5.97 Å². The fraction of sp³-hybridized carbons (Fsp3) is 0.769. The van der Waals surface area contributed by atoms with Crippen LogP contribution >= 0.6 is 0 Å². The molecular weight excluding hydrogens is 248 g/mol. The van der Waals surface area contributed by atoms with Gasteiger partial charge in [0.2, 0.25) is 11.8 Å². The van der Waals surface area contributed by atoms with E-state index in [1.807, 2.05) is 13.8 Å². The lowest BCUT2D eigenvalue weighted by molar-refractivity contribution is -0.138. The third kappa shape index (κ3) is 8.18. The van der Waals surface area contributed by atoms with Crippen molar-refractivity contribution >= 4 is 17.8 Å². The lowest BCUT2D eigenvalue weighted by atomic mass is 10.0. The van der Waals surface area contributed by atoms with Crippen molar-refractivity contribution in [3.63, 3.8) is 0 Å². The van der Waals surface area contributed by atoms with Crippen LogP contribution in [-0.2, 0) is 14.4 Å². The average molecular weight is 272 g/mol. The van der Waals surface area contributed by atoms with Crippen molar-refractivity contribution in [2.24, 2.45) is 5.92 Å². The third-order valence-corrected chi connectivity index (χ3v) is 2.83. The molecule has 0 saturated heterocycles. The molecule has 0 aliphatic rings. The van der Waals surface area contributed by atoms with Crippen molar-refractivity contribution in [1.82, 2.24) is 10.2 Å². The number of carboxylic acid groups (broad SMARTS) is 1. The van der Waals surface area contributed by atoms with Crippen LogP contribution in [0.5, 0.6) is 0 Å². The predicted molar refractivity (Wildman–Crippen MR) is 71.6 cm³/mol. The smallest absolute Gasteiger partial charge is 0.303 e. The summed E-state index contributed by atoms with van der Waals surface area (Å²) in [5.74, 6) is -1.29. The van der Waals surface area contributed by atoms with Crippen LogP contribution in [0.3, 0.4) is 0 Å². The maximum absolute atomic E-state index is 11.7. The number of hydrogen-bond donors (Lipinski definition) is 2. The van der Waals surface area contributed by atoms with Crippen LogP contribution in [0.2, 0.25) is 0 Å². The molecule has 0 aromatic heterocycles. The normalized spacial score (nSPS) is 11.7. The number of aliphatic carboxylic acids is 1. The minimum atomic E-state index is -0.906. The maximum atomic E-state index is 11.7. The Morgan fingerprint density at radius 1 is 1.16 bits per heavy atom. The third-order valence-electron chi connectivity index (χ3n) is 2.83. The molecule has 2 N–H and O–H groups in total. The van der Waals surface area contributed by atoms with Gasteiger partial charge in [-0.1, -0.05) is 6.92 Å². The molecule has 110 valence electrons. The van der Waals surface area contributed by atoms with Crippen LogP contribution < -0.4 is 5.32 Å². The Kier molecular flexibility index (Phi) is 8.57. The van der Waals surface area contributed by atoms with Gasteiger partial charge in [-0.3, -0.25) is 14.4 Å². The summed E-state index contributed by atoms with van der Waals surface area (Å²) in [6.45, 7) is 7.17. The summed E-state index contributed by atoms with van der Waals surface area (Å²) in [5.41, 5.74) is 0. The van der Waals surface area contributed by atoms with Crippen LogP contribution in [0.15, 0.2) is 0 Å². The number of nitrogens with one attached hydrogen (secondary N) is 1. The molecule has 0 aliphatic carbocycles. The Morgan fingerprint density at radius 2 is 1.74 bits per heavy atom. The molecule has 0 spiro atoms. The molecule has 0 heterocycles. The number of amides is 2. The monoisotopic (exact) mass is 272 g/mol. The van der Waals surface area contributed by atoms with Gasteiger partial charge in [0.15, 0.2) is 0 Å². The van der Waals surface area contributed by atoms with E-state index in [2.05, 4.69) is 5.32 Å². The first-order valence-corrected chi connectivity index (χ1v) is 6.66. The molecule has 0 radical (unpaired) electrons. The summed E-state index contributed by atoms with van der Waals surface area (Å²) in [6.07, 6.45) is 0.429. The predicted octanol–water partition coefficient (Wildman–Crippen LogP) is 0.862. The van der Waals surface area contributed by atoms with Gasteiger partial charge in [0, 0.05) is 38.9 Å². The summed E-state index contributed by atoms with van der Waals surface area (Å²) in [7, 11) is 0. The second-order valence-corrected chi connectivity index (χ2v) is 4.57. The summed E-state index contributed by atoms with van der Waals surface area (Å²) >= 11 is 0. The fourth-order valence-electron chi connectivity index (χ4n) is 1.80. The number of hydrogen-bond acceptors (Lipinski definition) is 3. The zero-order valence-electron chi connectivity index (χ0n) is 11.9. The number of carbonyl (C=O) groups is 3. The van der Waals surface area contributed by atoms with Crippen LogP contribution in [0.25, 0.3) is 0 Å². The highest BCUT2D eigenvalue weighted by molar-refractivity contribution is 5.79. The number of carboxylic acids is 1. The second kappa shape index (κ2) is 9.35. The maximum Gasteiger partial charge on any atom is 0.303 e. The van der Waals surface area contributed by atoms with Gasteiger partial charge < -0.3 is 15.3 Å². The molecule has 0 aromatic rings. The van der Waals surface area contributed by atoms with E-state index in [1.54, 1.807) is 11.8 Å². The summed E-state index contributed by atoms with van der Waals surface area (Å²) in [6, 6.07) is 0.